The minimum absolute atomic E-state index is 0.194. The molecule has 2 atom stereocenters. The van der Waals surface area contributed by atoms with Gasteiger partial charge in [-0.3, -0.25) is 9.58 Å². The molecule has 37 heavy (non-hydrogen) atoms. The van der Waals surface area contributed by atoms with Crippen LogP contribution >= 0.6 is 0 Å². The lowest BCUT2D eigenvalue weighted by Gasteiger charge is -2.31. The lowest BCUT2D eigenvalue weighted by atomic mass is 10.00. The van der Waals surface area contributed by atoms with Gasteiger partial charge >= 0.3 is 24.3 Å². The molecule has 2 aromatic heterocycles. The van der Waals surface area contributed by atoms with E-state index in [0.29, 0.717) is 6.61 Å². The van der Waals surface area contributed by atoms with Gasteiger partial charge in [-0.1, -0.05) is 0 Å². The van der Waals surface area contributed by atoms with Gasteiger partial charge in [-0.2, -0.15) is 31.4 Å². The maximum absolute atomic E-state index is 10.6. The zero-order chi connectivity index (χ0) is 27.7. The molecule has 0 radical (unpaired) electrons. The van der Waals surface area contributed by atoms with E-state index >= 15 is 0 Å². The third-order valence-electron chi connectivity index (χ3n) is 5.16. The molecular weight excluding hydrogens is 520 g/mol. The predicted octanol–water partition coefficient (Wildman–Crippen LogP) is 3.19. The van der Waals surface area contributed by atoms with Crippen LogP contribution in [0.5, 0.6) is 0 Å². The van der Waals surface area contributed by atoms with Crippen LogP contribution in [-0.4, -0.2) is 87.2 Å². The second-order valence-electron chi connectivity index (χ2n) is 8.14. The SMILES string of the molecule is O=C(O)C(F)(F)F.O=C(O)C(F)(F)F.c1coc(CN2CCOCC3(CCC(Cn4cccn4)O3)C2)c1. The molecule has 2 aliphatic rings. The summed E-state index contributed by atoms with van der Waals surface area (Å²) in [7, 11) is 0. The Bertz CT molecular complexity index is 942. The minimum Gasteiger partial charge on any atom is -0.475 e. The molecule has 2 aromatic rings. The summed E-state index contributed by atoms with van der Waals surface area (Å²) < 4.78 is 83.2. The Morgan fingerprint density at radius 3 is 2.27 bits per heavy atom. The standard InChI is InChI=1S/C17H23N3O3.2C2HF3O2/c1-3-15(22-9-1)11-19-8-10-21-14-17(13-19)5-4-16(23-17)12-20-7-2-6-18-20;2*3-2(4,5)1(6)7/h1-3,6-7,9,16H,4-5,8,10-14H2;2*(H,6,7). The Labute approximate surface area is 206 Å². The number of ether oxygens (including phenoxy) is 2. The van der Waals surface area contributed by atoms with Gasteiger partial charge in [-0.05, 0) is 31.0 Å². The summed E-state index contributed by atoms with van der Waals surface area (Å²) in [6.07, 6.45) is -2.34. The molecule has 0 aliphatic carbocycles. The van der Waals surface area contributed by atoms with Crippen molar-refractivity contribution in [1.29, 1.82) is 0 Å². The first kappa shape index (κ1) is 30.1. The van der Waals surface area contributed by atoms with Crippen LogP contribution in [0.3, 0.4) is 0 Å². The maximum Gasteiger partial charge on any atom is 0.490 e. The van der Waals surface area contributed by atoms with Gasteiger partial charge in [0.2, 0.25) is 0 Å². The Morgan fingerprint density at radius 2 is 1.76 bits per heavy atom. The molecule has 208 valence electrons. The van der Waals surface area contributed by atoms with Crippen LogP contribution in [0.2, 0.25) is 0 Å². The molecule has 10 nitrogen and oxygen atoms in total. The molecule has 2 unspecified atom stereocenters. The summed E-state index contributed by atoms with van der Waals surface area (Å²) in [4.78, 5) is 20.2. The predicted molar refractivity (Wildman–Crippen MR) is 111 cm³/mol. The highest BCUT2D eigenvalue weighted by atomic mass is 19.4. The first-order chi connectivity index (χ1) is 17.2. The molecule has 0 aromatic carbocycles. The topological polar surface area (TPSA) is 127 Å². The molecular formula is C21H25F6N3O7. The quantitative estimate of drug-likeness (QED) is 0.557. The van der Waals surface area contributed by atoms with Crippen LogP contribution in [0.25, 0.3) is 0 Å². The van der Waals surface area contributed by atoms with Gasteiger partial charge in [-0.25, -0.2) is 9.59 Å². The van der Waals surface area contributed by atoms with E-state index in [9.17, 15) is 26.3 Å². The number of furan rings is 1. The fraction of sp³-hybridized carbons (Fsp3) is 0.571. The van der Waals surface area contributed by atoms with Gasteiger partial charge in [0.1, 0.15) is 11.4 Å². The molecule has 2 saturated heterocycles. The lowest BCUT2D eigenvalue weighted by Crippen LogP contribution is -2.44. The van der Waals surface area contributed by atoms with Crippen LogP contribution in [0.1, 0.15) is 18.6 Å². The van der Waals surface area contributed by atoms with E-state index in [-0.39, 0.29) is 11.7 Å². The number of nitrogens with zero attached hydrogens (tertiary/aromatic N) is 3. The highest BCUT2D eigenvalue weighted by Gasteiger charge is 2.43. The summed E-state index contributed by atoms with van der Waals surface area (Å²) in [6, 6.07) is 5.91. The highest BCUT2D eigenvalue weighted by Crippen LogP contribution is 2.34. The third kappa shape index (κ3) is 10.4. The van der Waals surface area contributed by atoms with Gasteiger partial charge in [-0.15, -0.1) is 0 Å². The number of carboxylic acid groups (broad SMARTS) is 2. The normalized spacial score (nSPS) is 22.4. The van der Waals surface area contributed by atoms with Crippen LogP contribution in [0.15, 0.2) is 41.3 Å². The number of carbonyl (C=O) groups is 2. The number of halogens is 6. The summed E-state index contributed by atoms with van der Waals surface area (Å²) in [5, 5.41) is 18.5. The van der Waals surface area contributed by atoms with E-state index < -0.39 is 24.3 Å². The van der Waals surface area contributed by atoms with E-state index in [1.807, 2.05) is 35.3 Å². The van der Waals surface area contributed by atoms with E-state index in [2.05, 4.69) is 10.00 Å². The Balaban J connectivity index is 0.000000286. The van der Waals surface area contributed by atoms with Crippen molar-refractivity contribution in [2.24, 2.45) is 0 Å². The summed E-state index contributed by atoms with van der Waals surface area (Å²) in [5.41, 5.74) is -0.194. The number of rotatable bonds is 4. The highest BCUT2D eigenvalue weighted by molar-refractivity contribution is 5.73. The molecule has 2 fully saturated rings. The number of aliphatic carboxylic acids is 2. The number of hydrogen-bond donors (Lipinski definition) is 2. The van der Waals surface area contributed by atoms with Gasteiger partial charge in [0.05, 0.1) is 38.7 Å². The van der Waals surface area contributed by atoms with Crippen molar-refractivity contribution >= 4 is 11.9 Å². The molecule has 1 spiro atoms. The lowest BCUT2D eigenvalue weighted by molar-refractivity contribution is -0.193. The molecule has 4 heterocycles. The first-order valence-corrected chi connectivity index (χ1v) is 10.8. The van der Waals surface area contributed by atoms with Crippen LogP contribution in [0.4, 0.5) is 26.3 Å². The van der Waals surface area contributed by atoms with Crippen LogP contribution < -0.4 is 0 Å². The van der Waals surface area contributed by atoms with E-state index in [1.54, 1.807) is 6.26 Å². The van der Waals surface area contributed by atoms with Crippen molar-refractivity contribution < 1.29 is 60.0 Å². The molecule has 0 saturated carbocycles. The Kier molecular flexibility index (Phi) is 10.5. The average molecular weight is 545 g/mol. The molecule has 4 rings (SSSR count). The zero-order valence-corrected chi connectivity index (χ0v) is 19.2. The van der Waals surface area contributed by atoms with Crippen molar-refractivity contribution in [2.75, 3.05) is 26.3 Å². The van der Waals surface area contributed by atoms with E-state index in [4.69, 9.17) is 33.7 Å². The summed E-state index contributed by atoms with van der Waals surface area (Å²) in [5.74, 6) is -4.52. The average Bonchev–Trinajstić information content (AvgIpc) is 3.52. The van der Waals surface area contributed by atoms with Crippen LogP contribution in [-0.2, 0) is 32.2 Å². The molecule has 0 amide bonds. The largest absolute Gasteiger partial charge is 0.490 e. The smallest absolute Gasteiger partial charge is 0.475 e. The Morgan fingerprint density at radius 1 is 1.11 bits per heavy atom. The van der Waals surface area contributed by atoms with Crippen molar-refractivity contribution in [1.82, 2.24) is 14.7 Å². The number of hydrogen-bond acceptors (Lipinski definition) is 7. The number of alkyl halides is 6. The molecule has 16 heteroatoms. The van der Waals surface area contributed by atoms with Crippen molar-refractivity contribution in [3.05, 3.63) is 42.6 Å². The van der Waals surface area contributed by atoms with Gasteiger partial charge in [0.15, 0.2) is 0 Å². The first-order valence-electron chi connectivity index (χ1n) is 10.8. The van der Waals surface area contributed by atoms with Crippen molar-refractivity contribution in [2.45, 2.75) is 50.0 Å². The second kappa shape index (κ2) is 12.9. The second-order valence-corrected chi connectivity index (χ2v) is 8.14. The van der Waals surface area contributed by atoms with Gasteiger partial charge in [0, 0.05) is 25.5 Å². The van der Waals surface area contributed by atoms with Gasteiger partial charge < -0.3 is 24.1 Å². The van der Waals surface area contributed by atoms with Gasteiger partial charge in [0.25, 0.3) is 0 Å². The van der Waals surface area contributed by atoms with E-state index in [0.717, 1.165) is 51.4 Å². The third-order valence-corrected chi connectivity index (χ3v) is 5.16. The minimum atomic E-state index is -5.08. The molecule has 2 N–H and O–H groups in total. The maximum atomic E-state index is 10.6. The zero-order valence-electron chi connectivity index (χ0n) is 19.2. The van der Waals surface area contributed by atoms with Crippen molar-refractivity contribution in [3.8, 4) is 0 Å². The fourth-order valence-corrected chi connectivity index (χ4v) is 3.61. The van der Waals surface area contributed by atoms with Crippen molar-refractivity contribution in [3.63, 3.8) is 0 Å². The Hall–Kier alpha value is -3.11. The summed E-state index contributed by atoms with van der Waals surface area (Å²) in [6.45, 7) is 4.85. The monoisotopic (exact) mass is 545 g/mol. The fourth-order valence-electron chi connectivity index (χ4n) is 3.61. The van der Waals surface area contributed by atoms with Crippen LogP contribution in [0, 0.1) is 0 Å². The molecule has 0 bridgehead atoms. The van der Waals surface area contributed by atoms with E-state index in [1.165, 1.54) is 0 Å². The molecule has 2 aliphatic heterocycles. The number of carboxylic acids is 2. The summed E-state index contributed by atoms with van der Waals surface area (Å²) >= 11 is 0. The number of aromatic nitrogens is 2.